The molecule has 0 bridgehead atoms. The van der Waals surface area contributed by atoms with Crippen LogP contribution in [0, 0.1) is 0 Å². The van der Waals surface area contributed by atoms with Crippen LogP contribution >= 0.6 is 0 Å². The highest BCUT2D eigenvalue weighted by Gasteiger charge is 2.19. The minimum Gasteiger partial charge on any atom is -0.462 e. The van der Waals surface area contributed by atoms with E-state index in [1.807, 2.05) is 0 Å². The lowest BCUT2D eigenvalue weighted by atomic mass is 10.1. The summed E-state index contributed by atoms with van der Waals surface area (Å²) in [6.45, 7) is 6.54. The third kappa shape index (κ3) is 42.8. The fraction of sp³-hybridized carbons (Fsp3) is 0.820. The quantitative estimate of drug-likeness (QED) is 0.0265. The molecule has 0 rings (SSSR count). The average molecular weight is 787 g/mol. The van der Waals surface area contributed by atoms with Crippen molar-refractivity contribution in [2.75, 3.05) is 13.2 Å². The van der Waals surface area contributed by atoms with Gasteiger partial charge < -0.3 is 14.2 Å². The molecule has 0 aromatic heterocycles. The SMILES string of the molecule is CCCC/C=C\C/C=C\CCCCCCCC(=O)OC(COC(=O)CCCCCCCCC)COC(=O)CCCCCCCCC/C=C\CCCCCCCC. The Morgan fingerprint density at radius 1 is 0.357 bits per heavy atom. The molecule has 0 saturated heterocycles. The van der Waals surface area contributed by atoms with Gasteiger partial charge in [0.1, 0.15) is 13.2 Å². The Bertz CT molecular complexity index is 953. The van der Waals surface area contributed by atoms with Crippen molar-refractivity contribution in [1.82, 2.24) is 0 Å². The van der Waals surface area contributed by atoms with Gasteiger partial charge in [-0.05, 0) is 70.6 Å². The molecule has 0 aliphatic rings. The lowest BCUT2D eigenvalue weighted by molar-refractivity contribution is -0.167. The predicted octanol–water partition coefficient (Wildman–Crippen LogP) is 15.4. The van der Waals surface area contributed by atoms with Crippen molar-refractivity contribution >= 4 is 17.9 Å². The summed E-state index contributed by atoms with van der Waals surface area (Å²) < 4.78 is 16.7. The number of hydrogen-bond acceptors (Lipinski definition) is 6. The van der Waals surface area contributed by atoms with Crippen molar-refractivity contribution in [3.63, 3.8) is 0 Å². The molecule has 0 aromatic rings. The Morgan fingerprint density at radius 3 is 1.05 bits per heavy atom. The zero-order chi connectivity index (χ0) is 40.8. The summed E-state index contributed by atoms with van der Waals surface area (Å²) >= 11 is 0. The molecule has 0 N–H and O–H groups in total. The monoisotopic (exact) mass is 787 g/mol. The first-order valence-electron chi connectivity index (χ1n) is 24.0. The molecule has 0 amide bonds. The van der Waals surface area contributed by atoms with Crippen LogP contribution in [0.4, 0.5) is 0 Å². The Kier molecular flexibility index (Phi) is 43.4. The van der Waals surface area contributed by atoms with Gasteiger partial charge in [0.05, 0.1) is 0 Å². The highest BCUT2D eigenvalue weighted by atomic mass is 16.6. The lowest BCUT2D eigenvalue weighted by Gasteiger charge is -2.18. The maximum Gasteiger partial charge on any atom is 0.306 e. The highest BCUT2D eigenvalue weighted by molar-refractivity contribution is 5.71. The molecule has 1 atom stereocenters. The lowest BCUT2D eigenvalue weighted by Crippen LogP contribution is -2.30. The van der Waals surface area contributed by atoms with Gasteiger partial charge in [-0.3, -0.25) is 14.4 Å². The number of rotatable bonds is 43. The first-order chi connectivity index (χ1) is 27.5. The van der Waals surface area contributed by atoms with E-state index in [1.165, 1.54) is 122 Å². The molecule has 1 unspecified atom stereocenters. The van der Waals surface area contributed by atoms with Crippen molar-refractivity contribution in [3.05, 3.63) is 36.5 Å². The van der Waals surface area contributed by atoms with Crippen LogP contribution in [0.3, 0.4) is 0 Å². The third-order valence-electron chi connectivity index (χ3n) is 10.4. The maximum absolute atomic E-state index is 12.7. The summed E-state index contributed by atoms with van der Waals surface area (Å²) in [5.74, 6) is -0.899. The largest absolute Gasteiger partial charge is 0.462 e. The molecule has 6 heteroatoms. The third-order valence-corrected chi connectivity index (χ3v) is 10.4. The molecular weight excluding hydrogens is 697 g/mol. The van der Waals surface area contributed by atoms with Gasteiger partial charge in [0.25, 0.3) is 0 Å². The van der Waals surface area contributed by atoms with Gasteiger partial charge in [0.2, 0.25) is 0 Å². The number of hydrogen-bond donors (Lipinski definition) is 0. The maximum atomic E-state index is 12.7. The number of ether oxygens (including phenoxy) is 3. The normalized spacial score (nSPS) is 12.3. The van der Waals surface area contributed by atoms with Crippen molar-refractivity contribution in [2.45, 2.75) is 252 Å². The molecule has 0 aliphatic carbocycles. The van der Waals surface area contributed by atoms with E-state index in [1.54, 1.807) is 0 Å². The van der Waals surface area contributed by atoms with Crippen LogP contribution in [0.25, 0.3) is 0 Å². The fourth-order valence-corrected chi connectivity index (χ4v) is 6.69. The van der Waals surface area contributed by atoms with Gasteiger partial charge >= 0.3 is 17.9 Å². The molecule has 0 saturated carbocycles. The minimum absolute atomic E-state index is 0.0781. The molecule has 0 heterocycles. The number of esters is 3. The summed E-state index contributed by atoms with van der Waals surface area (Å²) in [4.78, 5) is 37.7. The molecule has 326 valence electrons. The number of unbranched alkanes of at least 4 members (excludes halogenated alkanes) is 26. The number of carbonyl (C=O) groups excluding carboxylic acids is 3. The summed E-state index contributed by atoms with van der Waals surface area (Å²) in [7, 11) is 0. The molecular formula is C50H90O6. The smallest absolute Gasteiger partial charge is 0.306 e. The zero-order valence-electron chi connectivity index (χ0n) is 37.2. The van der Waals surface area contributed by atoms with E-state index >= 15 is 0 Å². The second kappa shape index (κ2) is 45.3. The zero-order valence-corrected chi connectivity index (χ0v) is 37.2. The van der Waals surface area contributed by atoms with Crippen LogP contribution in [0.1, 0.15) is 245 Å². The van der Waals surface area contributed by atoms with Gasteiger partial charge in [0.15, 0.2) is 6.10 Å². The molecule has 0 radical (unpaired) electrons. The summed E-state index contributed by atoms with van der Waals surface area (Å²) in [6, 6.07) is 0. The first kappa shape index (κ1) is 53.6. The standard InChI is InChI=1S/C50H90O6/c1-4-7-10-13-16-18-20-22-24-25-26-28-29-31-34-37-40-43-49(52)55-46-47(45-54-48(51)42-39-36-33-15-12-9-6-3)56-50(53)44-41-38-35-32-30-27-23-21-19-17-14-11-8-5-2/h14,17,21-24,47H,4-13,15-16,18-20,25-46H2,1-3H3/b17-14-,23-21-,24-22-. The van der Waals surface area contributed by atoms with Gasteiger partial charge in [0, 0.05) is 19.3 Å². The summed E-state index contributed by atoms with van der Waals surface area (Å²) in [5.41, 5.74) is 0. The van der Waals surface area contributed by atoms with Gasteiger partial charge in [-0.25, -0.2) is 0 Å². The van der Waals surface area contributed by atoms with Crippen LogP contribution in [0.15, 0.2) is 36.5 Å². The Morgan fingerprint density at radius 2 is 0.661 bits per heavy atom. The Labute approximate surface area is 346 Å². The van der Waals surface area contributed by atoms with Crippen molar-refractivity contribution in [2.24, 2.45) is 0 Å². The van der Waals surface area contributed by atoms with E-state index in [2.05, 4.69) is 57.2 Å². The van der Waals surface area contributed by atoms with E-state index in [-0.39, 0.29) is 31.1 Å². The molecule has 0 spiro atoms. The predicted molar refractivity (Wildman–Crippen MR) is 238 cm³/mol. The molecule has 0 fully saturated rings. The first-order valence-corrected chi connectivity index (χ1v) is 24.0. The fourth-order valence-electron chi connectivity index (χ4n) is 6.69. The van der Waals surface area contributed by atoms with Crippen molar-refractivity contribution in [3.8, 4) is 0 Å². The van der Waals surface area contributed by atoms with Gasteiger partial charge in [-0.2, -0.15) is 0 Å². The van der Waals surface area contributed by atoms with Crippen LogP contribution in [-0.2, 0) is 28.6 Å². The second-order valence-electron chi connectivity index (χ2n) is 16.0. The van der Waals surface area contributed by atoms with Gasteiger partial charge in [-0.1, -0.05) is 192 Å². The summed E-state index contributed by atoms with van der Waals surface area (Å²) in [6.07, 6.45) is 51.4. The second-order valence-corrected chi connectivity index (χ2v) is 16.0. The van der Waals surface area contributed by atoms with Crippen molar-refractivity contribution < 1.29 is 28.6 Å². The van der Waals surface area contributed by atoms with E-state index in [0.29, 0.717) is 19.3 Å². The molecule has 6 nitrogen and oxygen atoms in total. The molecule has 56 heavy (non-hydrogen) atoms. The van der Waals surface area contributed by atoms with Crippen LogP contribution in [0.5, 0.6) is 0 Å². The van der Waals surface area contributed by atoms with Gasteiger partial charge in [-0.15, -0.1) is 0 Å². The molecule has 0 aromatic carbocycles. The van der Waals surface area contributed by atoms with E-state index in [0.717, 1.165) is 83.5 Å². The van der Waals surface area contributed by atoms with E-state index in [4.69, 9.17) is 14.2 Å². The van der Waals surface area contributed by atoms with E-state index < -0.39 is 6.10 Å². The summed E-state index contributed by atoms with van der Waals surface area (Å²) in [5, 5.41) is 0. The Balaban J connectivity index is 4.29. The number of carbonyl (C=O) groups is 3. The topological polar surface area (TPSA) is 78.9 Å². The molecule has 0 aliphatic heterocycles. The average Bonchev–Trinajstić information content (AvgIpc) is 3.19. The van der Waals surface area contributed by atoms with Crippen LogP contribution in [0.2, 0.25) is 0 Å². The van der Waals surface area contributed by atoms with Crippen LogP contribution < -0.4 is 0 Å². The minimum atomic E-state index is -0.775. The van der Waals surface area contributed by atoms with E-state index in [9.17, 15) is 14.4 Å². The van der Waals surface area contributed by atoms with Crippen LogP contribution in [-0.4, -0.2) is 37.2 Å². The highest BCUT2D eigenvalue weighted by Crippen LogP contribution is 2.14. The van der Waals surface area contributed by atoms with Crippen molar-refractivity contribution in [1.29, 1.82) is 0 Å². The number of allylic oxidation sites excluding steroid dienone is 6. The Hall–Kier alpha value is -2.37.